The molecule has 0 amide bonds. The minimum Gasteiger partial charge on any atom is -0.313 e. The Kier molecular flexibility index (Phi) is 2.97. The zero-order valence-electron chi connectivity index (χ0n) is 10.7. The van der Waals surface area contributed by atoms with Crippen LogP contribution in [0.1, 0.15) is 45.4 Å². The van der Waals surface area contributed by atoms with Crippen LogP contribution >= 0.6 is 0 Å². The van der Waals surface area contributed by atoms with Crippen molar-refractivity contribution >= 4 is 0 Å². The normalized spacial score (nSPS) is 40.7. The van der Waals surface area contributed by atoms with E-state index in [4.69, 9.17) is 0 Å². The highest BCUT2D eigenvalue weighted by atomic mass is 15.2. The first-order chi connectivity index (χ1) is 7.81. The van der Waals surface area contributed by atoms with Crippen molar-refractivity contribution in [2.75, 3.05) is 26.2 Å². The third-order valence-corrected chi connectivity index (χ3v) is 5.54. The van der Waals surface area contributed by atoms with E-state index in [9.17, 15) is 0 Å². The van der Waals surface area contributed by atoms with Gasteiger partial charge in [-0.05, 0) is 56.5 Å². The molecule has 2 nitrogen and oxygen atoms in total. The Balaban J connectivity index is 1.51. The molecule has 0 aromatic carbocycles. The highest BCUT2D eigenvalue weighted by Crippen LogP contribution is 2.43. The van der Waals surface area contributed by atoms with Gasteiger partial charge in [-0.3, -0.25) is 0 Å². The van der Waals surface area contributed by atoms with E-state index >= 15 is 0 Å². The SMILES string of the molecule is CCC1(CNC2CCN3CCC2C3)CCC1. The van der Waals surface area contributed by atoms with Gasteiger partial charge in [0.25, 0.3) is 0 Å². The standard InChI is InChI=1S/C14H26N2/c1-2-14(6-3-7-14)11-15-13-5-9-16-8-4-12(13)10-16/h12-13,15H,2-11H2,1H3. The van der Waals surface area contributed by atoms with Crippen LogP contribution in [0.4, 0.5) is 0 Å². The van der Waals surface area contributed by atoms with Gasteiger partial charge >= 0.3 is 0 Å². The summed E-state index contributed by atoms with van der Waals surface area (Å²) in [5.74, 6) is 0.961. The van der Waals surface area contributed by atoms with E-state index in [1.165, 1.54) is 64.7 Å². The first-order valence-corrected chi connectivity index (χ1v) is 7.27. The predicted molar refractivity (Wildman–Crippen MR) is 67.5 cm³/mol. The Morgan fingerprint density at radius 3 is 2.75 bits per heavy atom. The summed E-state index contributed by atoms with van der Waals surface area (Å²) in [6, 6.07) is 0.836. The maximum atomic E-state index is 3.92. The van der Waals surface area contributed by atoms with Gasteiger partial charge in [0.2, 0.25) is 0 Å². The minimum atomic E-state index is 0.690. The van der Waals surface area contributed by atoms with Crippen LogP contribution in [-0.4, -0.2) is 37.1 Å². The summed E-state index contributed by atoms with van der Waals surface area (Å²) < 4.78 is 0. The molecule has 3 rings (SSSR count). The van der Waals surface area contributed by atoms with Gasteiger partial charge in [-0.1, -0.05) is 13.3 Å². The van der Waals surface area contributed by atoms with Crippen LogP contribution in [0, 0.1) is 11.3 Å². The van der Waals surface area contributed by atoms with Gasteiger partial charge in [-0.2, -0.15) is 0 Å². The van der Waals surface area contributed by atoms with E-state index in [0.29, 0.717) is 5.41 Å². The second-order valence-corrected chi connectivity index (χ2v) is 6.33. The van der Waals surface area contributed by atoms with Crippen molar-refractivity contribution in [3.8, 4) is 0 Å². The number of hydrogen-bond acceptors (Lipinski definition) is 2. The molecule has 3 unspecified atom stereocenters. The molecule has 92 valence electrons. The maximum absolute atomic E-state index is 3.92. The summed E-state index contributed by atoms with van der Waals surface area (Å²) in [5.41, 5.74) is 0.690. The summed E-state index contributed by atoms with van der Waals surface area (Å²) in [6.45, 7) is 7.75. The molecule has 2 heteroatoms. The molecule has 0 aromatic rings. The molecular weight excluding hydrogens is 196 g/mol. The van der Waals surface area contributed by atoms with Crippen LogP contribution in [0.15, 0.2) is 0 Å². The molecule has 2 bridgehead atoms. The number of hydrogen-bond donors (Lipinski definition) is 1. The van der Waals surface area contributed by atoms with Crippen molar-refractivity contribution in [1.29, 1.82) is 0 Å². The molecule has 3 atom stereocenters. The second-order valence-electron chi connectivity index (χ2n) is 6.33. The van der Waals surface area contributed by atoms with E-state index < -0.39 is 0 Å². The molecule has 1 N–H and O–H groups in total. The fourth-order valence-electron chi connectivity index (χ4n) is 3.90. The zero-order chi connectivity index (χ0) is 11.0. The van der Waals surface area contributed by atoms with E-state index in [1.54, 1.807) is 0 Å². The molecule has 1 aliphatic carbocycles. The number of rotatable bonds is 4. The summed E-state index contributed by atoms with van der Waals surface area (Å²) >= 11 is 0. The van der Waals surface area contributed by atoms with Crippen molar-refractivity contribution in [3.63, 3.8) is 0 Å². The number of piperidine rings is 1. The van der Waals surface area contributed by atoms with Gasteiger partial charge in [0.1, 0.15) is 0 Å². The van der Waals surface area contributed by atoms with Gasteiger partial charge < -0.3 is 10.2 Å². The average Bonchev–Trinajstić information content (AvgIpc) is 2.63. The Labute approximate surface area is 99.8 Å². The lowest BCUT2D eigenvalue weighted by Gasteiger charge is -2.43. The smallest absolute Gasteiger partial charge is 0.0120 e. The Bertz CT molecular complexity index is 242. The average molecular weight is 222 g/mol. The molecule has 2 saturated heterocycles. The van der Waals surface area contributed by atoms with Crippen LogP contribution in [-0.2, 0) is 0 Å². The lowest BCUT2D eigenvalue weighted by atomic mass is 9.67. The summed E-state index contributed by atoms with van der Waals surface area (Å²) in [6.07, 6.45) is 8.63. The van der Waals surface area contributed by atoms with Crippen molar-refractivity contribution < 1.29 is 0 Å². The minimum absolute atomic E-state index is 0.690. The maximum Gasteiger partial charge on any atom is 0.0120 e. The highest BCUT2D eigenvalue weighted by Gasteiger charge is 2.38. The summed E-state index contributed by atoms with van der Waals surface area (Å²) in [7, 11) is 0. The third-order valence-electron chi connectivity index (χ3n) is 5.54. The highest BCUT2D eigenvalue weighted by molar-refractivity contribution is 4.94. The van der Waals surface area contributed by atoms with Crippen LogP contribution < -0.4 is 5.32 Å². The van der Waals surface area contributed by atoms with Gasteiger partial charge in [-0.25, -0.2) is 0 Å². The fourth-order valence-corrected chi connectivity index (χ4v) is 3.90. The molecule has 3 aliphatic rings. The van der Waals surface area contributed by atoms with Crippen LogP contribution in [0.2, 0.25) is 0 Å². The number of nitrogens with one attached hydrogen (secondary N) is 1. The van der Waals surface area contributed by atoms with Gasteiger partial charge in [0.05, 0.1) is 0 Å². The Hall–Kier alpha value is -0.0800. The number of fused-ring (bicyclic) bond motifs is 2. The molecule has 0 aromatic heterocycles. The fraction of sp³-hybridized carbons (Fsp3) is 1.00. The van der Waals surface area contributed by atoms with Crippen molar-refractivity contribution in [2.24, 2.45) is 11.3 Å². The summed E-state index contributed by atoms with van der Waals surface area (Å²) in [5, 5.41) is 3.92. The van der Waals surface area contributed by atoms with Crippen molar-refractivity contribution in [2.45, 2.75) is 51.5 Å². The van der Waals surface area contributed by atoms with E-state index in [0.717, 1.165) is 12.0 Å². The van der Waals surface area contributed by atoms with Crippen molar-refractivity contribution in [1.82, 2.24) is 10.2 Å². The molecule has 2 heterocycles. The van der Waals surface area contributed by atoms with Gasteiger partial charge in [0, 0.05) is 19.1 Å². The molecule has 1 saturated carbocycles. The lowest BCUT2D eigenvalue weighted by Crippen LogP contribution is -2.49. The van der Waals surface area contributed by atoms with Gasteiger partial charge in [-0.15, -0.1) is 0 Å². The van der Waals surface area contributed by atoms with E-state index in [-0.39, 0.29) is 0 Å². The molecule has 0 spiro atoms. The molecule has 2 aliphatic heterocycles. The lowest BCUT2D eigenvalue weighted by molar-refractivity contribution is 0.107. The Morgan fingerprint density at radius 2 is 2.06 bits per heavy atom. The first kappa shape index (κ1) is 11.0. The predicted octanol–water partition coefficient (Wildman–Crippen LogP) is 2.25. The molecular formula is C14H26N2. The topological polar surface area (TPSA) is 15.3 Å². The van der Waals surface area contributed by atoms with Crippen LogP contribution in [0.3, 0.4) is 0 Å². The van der Waals surface area contributed by atoms with Crippen LogP contribution in [0.5, 0.6) is 0 Å². The largest absolute Gasteiger partial charge is 0.313 e. The summed E-state index contributed by atoms with van der Waals surface area (Å²) in [4.78, 5) is 2.64. The second kappa shape index (κ2) is 4.30. The molecule has 3 fully saturated rings. The van der Waals surface area contributed by atoms with E-state index in [1.807, 2.05) is 0 Å². The number of nitrogens with zero attached hydrogens (tertiary/aromatic N) is 1. The van der Waals surface area contributed by atoms with Crippen LogP contribution in [0.25, 0.3) is 0 Å². The molecule has 16 heavy (non-hydrogen) atoms. The van der Waals surface area contributed by atoms with Gasteiger partial charge in [0.15, 0.2) is 0 Å². The molecule has 0 radical (unpaired) electrons. The quantitative estimate of drug-likeness (QED) is 0.785. The van der Waals surface area contributed by atoms with Crippen molar-refractivity contribution in [3.05, 3.63) is 0 Å². The zero-order valence-corrected chi connectivity index (χ0v) is 10.7. The third kappa shape index (κ3) is 1.91. The monoisotopic (exact) mass is 222 g/mol. The first-order valence-electron chi connectivity index (χ1n) is 7.27. The Morgan fingerprint density at radius 1 is 1.25 bits per heavy atom. The van der Waals surface area contributed by atoms with E-state index in [2.05, 4.69) is 17.1 Å².